The molecule has 0 spiro atoms. The van der Waals surface area contributed by atoms with E-state index < -0.39 is 98.9 Å². The highest BCUT2D eigenvalue weighted by Gasteiger charge is 2.56. The number of esters is 4. The first kappa shape index (κ1) is 57.1. The van der Waals surface area contributed by atoms with Gasteiger partial charge in [0.25, 0.3) is 0 Å². The molecule has 65 heavy (non-hydrogen) atoms. The highest BCUT2D eigenvalue weighted by atomic mass is 28.4. The molecule has 9 atom stereocenters. The summed E-state index contributed by atoms with van der Waals surface area (Å²) in [7, 11) is -2.16. The van der Waals surface area contributed by atoms with Crippen LogP contribution < -0.4 is 0 Å². The van der Waals surface area contributed by atoms with Crippen molar-refractivity contribution in [1.82, 2.24) is 0 Å². The van der Waals surface area contributed by atoms with Crippen molar-refractivity contribution in [1.29, 1.82) is 0 Å². The van der Waals surface area contributed by atoms with Crippen molar-refractivity contribution in [2.75, 3.05) is 19.8 Å². The lowest BCUT2D eigenvalue weighted by atomic mass is 9.98. The standard InChI is InChI=1S/C48H86O16Si/c1-14-18-22-26-36(49)53-30-33-40(57-37(50)27-23-19-15-2)43(58-38(51)28-24-20-16-3)44(59-39(52)29-25-21-17-4)45(56-33)64-54-31-34-41(62-47(8,9)60-34)42-35(61-48(10,11)63-42)32-55-65(12,13)46(5,6)7/h33-35,40-45H,14-32H2,1-13H3/t33-,34-,35-,40-,41-,42-,43+,44+,45+/m1/s1. The van der Waals surface area contributed by atoms with Crippen LogP contribution in [-0.2, 0) is 76.0 Å². The summed E-state index contributed by atoms with van der Waals surface area (Å²) in [5.74, 6) is -4.21. The Hall–Kier alpha value is -2.22. The lowest BCUT2D eigenvalue weighted by Crippen LogP contribution is -2.63. The Balaban J connectivity index is 1.98. The third-order valence-electron chi connectivity index (χ3n) is 12.3. The van der Waals surface area contributed by atoms with Crippen LogP contribution in [0.3, 0.4) is 0 Å². The molecule has 0 bridgehead atoms. The predicted octanol–water partition coefficient (Wildman–Crippen LogP) is 9.32. The number of carbonyl (C=O) groups is 4. The maximum atomic E-state index is 13.6. The first-order valence-electron chi connectivity index (χ1n) is 24.6. The van der Waals surface area contributed by atoms with Crippen LogP contribution in [0.1, 0.15) is 179 Å². The summed E-state index contributed by atoms with van der Waals surface area (Å²) in [5.41, 5.74) is 0. The van der Waals surface area contributed by atoms with Gasteiger partial charge in [0.2, 0.25) is 6.29 Å². The fourth-order valence-corrected chi connectivity index (χ4v) is 8.68. The Bertz CT molecular complexity index is 1450. The van der Waals surface area contributed by atoms with E-state index in [1.807, 2.05) is 41.5 Å². The highest BCUT2D eigenvalue weighted by Crippen LogP contribution is 2.41. The van der Waals surface area contributed by atoms with Crippen LogP contribution in [0.4, 0.5) is 0 Å². The molecule has 3 saturated heterocycles. The zero-order valence-corrected chi connectivity index (χ0v) is 43.2. The molecule has 0 aromatic carbocycles. The predicted molar refractivity (Wildman–Crippen MR) is 244 cm³/mol. The maximum Gasteiger partial charge on any atom is 0.306 e. The van der Waals surface area contributed by atoms with E-state index >= 15 is 0 Å². The second-order valence-corrected chi connectivity index (χ2v) is 25.0. The molecule has 17 heteroatoms. The Morgan fingerprint density at radius 3 is 1.38 bits per heavy atom. The van der Waals surface area contributed by atoms with Gasteiger partial charge >= 0.3 is 23.9 Å². The summed E-state index contributed by atoms with van der Waals surface area (Å²) in [6.45, 7) is 25.9. The number of hydrogen-bond acceptors (Lipinski definition) is 16. The number of unbranched alkanes of at least 4 members (excludes halogenated alkanes) is 8. The third-order valence-corrected chi connectivity index (χ3v) is 16.8. The molecule has 0 aromatic rings. The van der Waals surface area contributed by atoms with Gasteiger partial charge < -0.3 is 47.1 Å². The molecule has 16 nitrogen and oxygen atoms in total. The lowest BCUT2D eigenvalue weighted by Gasteiger charge is -2.43. The zero-order valence-electron chi connectivity index (χ0n) is 42.2. The number of carbonyl (C=O) groups excluding carboxylic acids is 4. The Morgan fingerprint density at radius 1 is 0.523 bits per heavy atom. The molecule has 378 valence electrons. The van der Waals surface area contributed by atoms with E-state index in [2.05, 4.69) is 33.9 Å². The van der Waals surface area contributed by atoms with E-state index in [0.717, 1.165) is 51.4 Å². The summed E-state index contributed by atoms with van der Waals surface area (Å²) in [5, 5.41) is -0.0268. The Kier molecular flexibility index (Phi) is 23.8. The molecule has 3 rings (SSSR count). The van der Waals surface area contributed by atoms with E-state index in [1.54, 1.807) is 13.8 Å². The second-order valence-electron chi connectivity index (χ2n) is 20.1. The second kappa shape index (κ2) is 27.1. The normalized spacial score (nSPS) is 27.6. The molecule has 0 amide bonds. The minimum absolute atomic E-state index is 0.0268. The number of rotatable bonds is 29. The lowest BCUT2D eigenvalue weighted by molar-refractivity contribution is -0.429. The van der Waals surface area contributed by atoms with Crippen LogP contribution in [0.15, 0.2) is 0 Å². The van der Waals surface area contributed by atoms with Crippen molar-refractivity contribution in [2.24, 2.45) is 0 Å². The number of ether oxygens (including phenoxy) is 9. The van der Waals surface area contributed by atoms with E-state index in [0.29, 0.717) is 25.7 Å². The van der Waals surface area contributed by atoms with Gasteiger partial charge in [-0.2, -0.15) is 0 Å². The van der Waals surface area contributed by atoms with Crippen molar-refractivity contribution in [3.63, 3.8) is 0 Å². The minimum Gasteiger partial charge on any atom is -0.463 e. The molecule has 0 unspecified atom stereocenters. The average Bonchev–Trinajstić information content (AvgIpc) is 3.70. The molecule has 0 N–H and O–H groups in total. The summed E-state index contributed by atoms with van der Waals surface area (Å²) in [4.78, 5) is 65.5. The molecule has 0 radical (unpaired) electrons. The van der Waals surface area contributed by atoms with Gasteiger partial charge in [-0.15, -0.1) is 0 Å². The van der Waals surface area contributed by atoms with Gasteiger partial charge in [0.1, 0.15) is 43.7 Å². The topological polar surface area (TPSA) is 179 Å². The maximum absolute atomic E-state index is 13.6. The van der Waals surface area contributed by atoms with Crippen molar-refractivity contribution >= 4 is 32.2 Å². The fraction of sp³-hybridized carbons (Fsp3) is 0.917. The molecular formula is C48H86O16Si. The van der Waals surface area contributed by atoms with Crippen LogP contribution in [0.5, 0.6) is 0 Å². The average molecular weight is 947 g/mol. The molecule has 0 aliphatic carbocycles. The monoisotopic (exact) mass is 947 g/mol. The highest BCUT2D eigenvalue weighted by molar-refractivity contribution is 6.74. The molecule has 3 fully saturated rings. The van der Waals surface area contributed by atoms with E-state index in [9.17, 15) is 19.2 Å². The summed E-state index contributed by atoms with van der Waals surface area (Å²) in [6, 6.07) is 0. The molecule has 3 aliphatic heterocycles. The fourth-order valence-electron chi connectivity index (χ4n) is 7.67. The molecular weight excluding hydrogens is 861 g/mol. The van der Waals surface area contributed by atoms with Crippen LogP contribution in [0.2, 0.25) is 18.1 Å². The van der Waals surface area contributed by atoms with Gasteiger partial charge in [0, 0.05) is 25.7 Å². The van der Waals surface area contributed by atoms with Gasteiger partial charge in [-0.1, -0.05) is 99.8 Å². The van der Waals surface area contributed by atoms with Crippen molar-refractivity contribution in [2.45, 2.75) is 264 Å². The van der Waals surface area contributed by atoms with Crippen LogP contribution in [-0.4, -0.2) is 119 Å². The largest absolute Gasteiger partial charge is 0.463 e. The smallest absolute Gasteiger partial charge is 0.306 e. The first-order valence-corrected chi connectivity index (χ1v) is 27.5. The molecule has 3 aliphatic rings. The summed E-state index contributed by atoms with van der Waals surface area (Å²) in [6.07, 6.45) is -0.0348. The number of hydrogen-bond donors (Lipinski definition) is 0. The van der Waals surface area contributed by atoms with Gasteiger partial charge in [-0.3, -0.25) is 19.2 Å². The van der Waals surface area contributed by atoms with Gasteiger partial charge in [-0.05, 0) is 71.5 Å². The van der Waals surface area contributed by atoms with Gasteiger partial charge in [0.05, 0.1) is 6.61 Å². The Morgan fingerprint density at radius 2 is 0.938 bits per heavy atom. The minimum atomic E-state index is -2.16. The van der Waals surface area contributed by atoms with Crippen LogP contribution in [0, 0.1) is 0 Å². The van der Waals surface area contributed by atoms with E-state index in [-0.39, 0.29) is 50.5 Å². The molecule has 0 aromatic heterocycles. The van der Waals surface area contributed by atoms with Crippen molar-refractivity contribution in [3.8, 4) is 0 Å². The zero-order chi connectivity index (χ0) is 48.4. The van der Waals surface area contributed by atoms with Gasteiger partial charge in [-0.25, -0.2) is 9.78 Å². The van der Waals surface area contributed by atoms with Crippen molar-refractivity contribution < 1.29 is 76.0 Å². The molecule has 3 heterocycles. The SMILES string of the molecule is CCCCCC(=O)OC[C@H]1O[C@@H](OOC[C@H]2OC(C)(C)O[C@H]2[C@@H]2OC(C)(C)O[C@@H]2CO[Si](C)(C)C(C)(C)C)[C@@H](OC(=O)CCCCC)[C@@H](OC(=O)CCCCC)[C@@H]1OC(=O)CCCCC. The van der Waals surface area contributed by atoms with Crippen molar-refractivity contribution in [3.05, 3.63) is 0 Å². The molecule has 0 saturated carbocycles. The first-order chi connectivity index (χ1) is 30.6. The van der Waals surface area contributed by atoms with Crippen LogP contribution in [0.25, 0.3) is 0 Å². The van der Waals surface area contributed by atoms with Crippen LogP contribution >= 0.6 is 0 Å². The van der Waals surface area contributed by atoms with E-state index in [4.69, 9.17) is 56.8 Å². The van der Waals surface area contributed by atoms with E-state index in [1.165, 1.54) is 0 Å². The van der Waals surface area contributed by atoms with Gasteiger partial charge in [0.15, 0.2) is 38.2 Å². The summed E-state index contributed by atoms with van der Waals surface area (Å²) >= 11 is 0. The third kappa shape index (κ3) is 19.0. The quantitative estimate of drug-likeness (QED) is 0.0173. The Labute approximate surface area is 390 Å². The summed E-state index contributed by atoms with van der Waals surface area (Å²) < 4.78 is 62.6.